The van der Waals surface area contributed by atoms with Crippen molar-refractivity contribution < 1.29 is 24.5 Å². The summed E-state index contributed by atoms with van der Waals surface area (Å²) in [6.07, 6.45) is 7.67. The second kappa shape index (κ2) is 16.8. The first-order chi connectivity index (χ1) is 19.5. The molecule has 0 heterocycles. The Hall–Kier alpha value is -3.16. The van der Waals surface area contributed by atoms with Crippen molar-refractivity contribution in [3.8, 4) is 0 Å². The molecule has 0 aliphatic carbocycles. The number of hydrogen-bond donors (Lipinski definition) is 4. The van der Waals surface area contributed by atoms with Gasteiger partial charge < -0.3 is 25.6 Å². The van der Waals surface area contributed by atoms with Crippen LogP contribution in [0.5, 0.6) is 0 Å². The van der Waals surface area contributed by atoms with Gasteiger partial charge in [0.15, 0.2) is 0 Å². The molecule has 0 aromatic heterocycles. The molecule has 4 N–H and O–H groups in total. The van der Waals surface area contributed by atoms with Crippen LogP contribution in [-0.4, -0.2) is 48.5 Å². The Morgan fingerprint density at radius 1 is 0.750 bits per heavy atom. The standard InChI is InChI=1S/C33H46N2O5/c1-33(17-10-22-36,18-11-23-37)19-16-31(38)34-20-8-2-3-9-21-35-32(39)40-25-30-28-14-6-4-12-26(28)24-27-13-5-7-15-29(27)30/h4-7,12-15,24,36-37H,2-3,8-11,16-23,25H2,1H3,(H,34,38)(H,35,39). The van der Waals surface area contributed by atoms with Crippen LogP contribution in [0.15, 0.2) is 54.6 Å². The molecular weight excluding hydrogens is 504 g/mol. The third-order valence-corrected chi connectivity index (χ3v) is 7.76. The van der Waals surface area contributed by atoms with Crippen LogP contribution in [0.2, 0.25) is 0 Å². The molecule has 3 aromatic carbocycles. The first-order valence-electron chi connectivity index (χ1n) is 14.7. The van der Waals surface area contributed by atoms with Crippen LogP contribution in [0.3, 0.4) is 0 Å². The Morgan fingerprint density at radius 3 is 1.88 bits per heavy atom. The molecule has 3 rings (SSSR count). The van der Waals surface area contributed by atoms with Crippen LogP contribution in [0, 0.1) is 5.41 Å². The van der Waals surface area contributed by atoms with E-state index in [-0.39, 0.29) is 31.1 Å². The van der Waals surface area contributed by atoms with Crippen molar-refractivity contribution in [2.75, 3.05) is 26.3 Å². The first kappa shape index (κ1) is 31.4. The number of nitrogens with one attached hydrogen (secondary N) is 2. The van der Waals surface area contributed by atoms with Gasteiger partial charge in [-0.15, -0.1) is 0 Å². The van der Waals surface area contributed by atoms with Crippen LogP contribution in [0.1, 0.15) is 76.7 Å². The molecule has 40 heavy (non-hydrogen) atoms. The van der Waals surface area contributed by atoms with Crippen molar-refractivity contribution >= 4 is 33.5 Å². The summed E-state index contributed by atoms with van der Waals surface area (Å²) in [6, 6.07) is 18.5. The second-order valence-corrected chi connectivity index (χ2v) is 11.0. The van der Waals surface area contributed by atoms with E-state index in [1.807, 2.05) is 24.3 Å². The van der Waals surface area contributed by atoms with Gasteiger partial charge in [-0.05, 0) is 78.0 Å². The Morgan fingerprint density at radius 2 is 1.30 bits per heavy atom. The molecule has 218 valence electrons. The normalized spacial score (nSPS) is 11.6. The van der Waals surface area contributed by atoms with Gasteiger partial charge in [0.2, 0.25) is 5.91 Å². The number of ether oxygens (including phenoxy) is 1. The number of aliphatic hydroxyl groups is 2. The summed E-state index contributed by atoms with van der Waals surface area (Å²) in [5.74, 6) is 0.0580. The number of unbranched alkanes of at least 4 members (excludes halogenated alkanes) is 3. The van der Waals surface area contributed by atoms with Crippen LogP contribution in [0.25, 0.3) is 21.5 Å². The average Bonchev–Trinajstić information content (AvgIpc) is 2.97. The Balaban J connectivity index is 1.28. The number of alkyl carbamates (subject to hydrolysis) is 1. The van der Waals surface area contributed by atoms with E-state index in [9.17, 15) is 9.59 Å². The molecular formula is C33H46N2O5. The van der Waals surface area contributed by atoms with Gasteiger partial charge in [0.05, 0.1) is 0 Å². The lowest BCUT2D eigenvalue weighted by atomic mass is 9.77. The minimum absolute atomic E-state index is 0.0282. The zero-order chi connectivity index (χ0) is 28.6. The molecule has 0 unspecified atom stereocenters. The van der Waals surface area contributed by atoms with E-state index >= 15 is 0 Å². The average molecular weight is 551 g/mol. The van der Waals surface area contributed by atoms with Gasteiger partial charge in [-0.25, -0.2) is 4.79 Å². The molecule has 0 saturated heterocycles. The van der Waals surface area contributed by atoms with Gasteiger partial charge in [0.25, 0.3) is 0 Å². The minimum Gasteiger partial charge on any atom is -0.445 e. The van der Waals surface area contributed by atoms with Crippen molar-refractivity contribution in [2.45, 2.75) is 77.7 Å². The maximum Gasteiger partial charge on any atom is 0.407 e. The van der Waals surface area contributed by atoms with Gasteiger partial charge in [0.1, 0.15) is 6.61 Å². The molecule has 0 spiro atoms. The lowest BCUT2D eigenvalue weighted by Gasteiger charge is -2.29. The van der Waals surface area contributed by atoms with Gasteiger partial charge in [0, 0.05) is 38.3 Å². The maximum absolute atomic E-state index is 12.3. The lowest BCUT2D eigenvalue weighted by Crippen LogP contribution is -2.27. The molecule has 0 aliphatic rings. The molecule has 7 heteroatoms. The molecule has 0 fully saturated rings. The van der Waals surface area contributed by atoms with Crippen LogP contribution in [0.4, 0.5) is 4.79 Å². The highest BCUT2D eigenvalue weighted by molar-refractivity contribution is 6.02. The maximum atomic E-state index is 12.3. The summed E-state index contributed by atoms with van der Waals surface area (Å²) >= 11 is 0. The fourth-order valence-corrected chi connectivity index (χ4v) is 5.36. The van der Waals surface area contributed by atoms with E-state index < -0.39 is 6.09 Å². The summed E-state index contributed by atoms with van der Waals surface area (Å²) in [5, 5.41) is 28.6. The molecule has 0 bridgehead atoms. The predicted octanol–water partition coefficient (Wildman–Crippen LogP) is 6.23. The minimum atomic E-state index is -0.408. The molecule has 0 saturated carbocycles. The summed E-state index contributed by atoms with van der Waals surface area (Å²) in [4.78, 5) is 24.6. The lowest BCUT2D eigenvalue weighted by molar-refractivity contribution is -0.121. The summed E-state index contributed by atoms with van der Waals surface area (Å²) < 4.78 is 5.58. The Bertz CT molecular complexity index is 1150. The third-order valence-electron chi connectivity index (χ3n) is 7.76. The van der Waals surface area contributed by atoms with Crippen molar-refractivity contribution in [1.82, 2.24) is 10.6 Å². The highest BCUT2D eigenvalue weighted by Gasteiger charge is 2.24. The fraction of sp³-hybridized carbons (Fsp3) is 0.515. The Kier molecular flexibility index (Phi) is 13.2. The van der Waals surface area contributed by atoms with Gasteiger partial charge in [-0.1, -0.05) is 68.3 Å². The van der Waals surface area contributed by atoms with E-state index in [0.717, 1.165) is 84.9 Å². The number of carbonyl (C=O) groups is 2. The number of carbonyl (C=O) groups excluding carboxylic acids is 2. The summed E-state index contributed by atoms with van der Waals surface area (Å²) in [6.45, 7) is 3.87. The van der Waals surface area contributed by atoms with Crippen LogP contribution in [-0.2, 0) is 16.1 Å². The first-order valence-corrected chi connectivity index (χ1v) is 14.7. The molecule has 0 atom stereocenters. The molecule has 3 aromatic rings. The Labute approximate surface area is 238 Å². The van der Waals surface area contributed by atoms with E-state index in [2.05, 4.69) is 47.9 Å². The van der Waals surface area contributed by atoms with E-state index in [1.54, 1.807) is 0 Å². The SMILES string of the molecule is CC(CCCO)(CCCO)CCC(=O)NCCCCCCNC(=O)OCc1c2ccccc2cc2ccccc12. The van der Waals surface area contributed by atoms with Gasteiger partial charge in [-0.3, -0.25) is 4.79 Å². The van der Waals surface area contributed by atoms with Gasteiger partial charge in [-0.2, -0.15) is 0 Å². The molecule has 2 amide bonds. The van der Waals surface area contributed by atoms with E-state index in [4.69, 9.17) is 14.9 Å². The molecule has 7 nitrogen and oxygen atoms in total. The smallest absolute Gasteiger partial charge is 0.407 e. The number of rotatable bonds is 18. The van der Waals surface area contributed by atoms with E-state index in [0.29, 0.717) is 19.5 Å². The second-order valence-electron chi connectivity index (χ2n) is 11.0. The van der Waals surface area contributed by atoms with Crippen molar-refractivity contribution in [2.24, 2.45) is 5.41 Å². The third kappa shape index (κ3) is 10.1. The van der Waals surface area contributed by atoms with Crippen LogP contribution >= 0.6 is 0 Å². The number of hydrogen-bond acceptors (Lipinski definition) is 5. The summed E-state index contributed by atoms with van der Waals surface area (Å²) in [7, 11) is 0. The number of benzene rings is 3. The molecule has 0 radical (unpaired) electrons. The summed E-state index contributed by atoms with van der Waals surface area (Å²) in [5.41, 5.74) is 0.991. The van der Waals surface area contributed by atoms with Crippen LogP contribution < -0.4 is 10.6 Å². The van der Waals surface area contributed by atoms with Gasteiger partial charge >= 0.3 is 6.09 Å². The molecule has 0 aliphatic heterocycles. The van der Waals surface area contributed by atoms with E-state index in [1.165, 1.54) is 0 Å². The van der Waals surface area contributed by atoms with Crippen molar-refractivity contribution in [3.63, 3.8) is 0 Å². The topological polar surface area (TPSA) is 108 Å². The number of fused-ring (bicyclic) bond motifs is 2. The van der Waals surface area contributed by atoms with Crippen molar-refractivity contribution in [3.05, 3.63) is 60.2 Å². The number of aliphatic hydroxyl groups excluding tert-OH is 2. The quantitative estimate of drug-likeness (QED) is 0.111. The monoisotopic (exact) mass is 550 g/mol. The van der Waals surface area contributed by atoms with Crippen molar-refractivity contribution in [1.29, 1.82) is 0 Å². The highest BCUT2D eigenvalue weighted by Crippen LogP contribution is 2.34. The zero-order valence-corrected chi connectivity index (χ0v) is 23.9. The highest BCUT2D eigenvalue weighted by atomic mass is 16.5. The predicted molar refractivity (Wildman–Crippen MR) is 161 cm³/mol. The fourth-order valence-electron chi connectivity index (χ4n) is 5.36. The number of amides is 2. The zero-order valence-electron chi connectivity index (χ0n) is 23.9. The largest absolute Gasteiger partial charge is 0.445 e.